The van der Waals surface area contributed by atoms with Gasteiger partial charge in [-0.25, -0.2) is 9.97 Å². The van der Waals surface area contributed by atoms with Crippen molar-refractivity contribution in [3.63, 3.8) is 0 Å². The summed E-state index contributed by atoms with van der Waals surface area (Å²) in [6.07, 6.45) is 5.50. The molecule has 2 aliphatic heterocycles. The monoisotopic (exact) mass is 317 g/mol. The van der Waals surface area contributed by atoms with Crippen LogP contribution < -0.4 is 5.32 Å². The van der Waals surface area contributed by atoms with E-state index in [4.69, 9.17) is 0 Å². The Labute approximate surface area is 136 Å². The molecule has 3 heterocycles. The fourth-order valence-corrected chi connectivity index (χ4v) is 3.39. The minimum Gasteiger partial charge on any atom is -0.348 e. The molecule has 7 nitrogen and oxygen atoms in total. The van der Waals surface area contributed by atoms with E-state index in [1.165, 1.54) is 6.33 Å². The van der Waals surface area contributed by atoms with Crippen molar-refractivity contribution in [1.82, 2.24) is 25.1 Å². The molecule has 0 aliphatic carbocycles. The molecule has 1 N–H and O–H groups in total. The van der Waals surface area contributed by atoms with Crippen LogP contribution in [0.25, 0.3) is 0 Å². The van der Waals surface area contributed by atoms with Crippen LogP contribution in [0.3, 0.4) is 0 Å². The lowest BCUT2D eigenvalue weighted by Gasteiger charge is -2.33. The van der Waals surface area contributed by atoms with Crippen molar-refractivity contribution < 1.29 is 9.59 Å². The topological polar surface area (TPSA) is 78.4 Å². The molecule has 0 saturated carbocycles. The van der Waals surface area contributed by atoms with E-state index in [0.29, 0.717) is 18.0 Å². The summed E-state index contributed by atoms with van der Waals surface area (Å²) in [7, 11) is 1.87. The van der Waals surface area contributed by atoms with E-state index in [2.05, 4.69) is 20.2 Å². The molecule has 2 amide bonds. The van der Waals surface area contributed by atoms with Gasteiger partial charge < -0.3 is 15.1 Å². The lowest BCUT2D eigenvalue weighted by Crippen LogP contribution is -2.46. The minimum atomic E-state index is -0.131. The van der Waals surface area contributed by atoms with Crippen LogP contribution in [0.4, 0.5) is 0 Å². The van der Waals surface area contributed by atoms with Crippen LogP contribution in [0.5, 0.6) is 0 Å². The maximum Gasteiger partial charge on any atom is 0.270 e. The second-order valence-electron chi connectivity index (χ2n) is 6.49. The molecule has 2 fully saturated rings. The Kier molecular flexibility index (Phi) is 4.85. The number of rotatable bonds is 4. The summed E-state index contributed by atoms with van der Waals surface area (Å²) in [5, 5.41) is 3.05. The Balaban J connectivity index is 1.42. The summed E-state index contributed by atoms with van der Waals surface area (Å²) >= 11 is 0. The van der Waals surface area contributed by atoms with Gasteiger partial charge in [0.2, 0.25) is 5.91 Å². The van der Waals surface area contributed by atoms with Crippen LogP contribution in [-0.4, -0.2) is 70.9 Å². The summed E-state index contributed by atoms with van der Waals surface area (Å²) in [6.45, 7) is 3.76. The highest BCUT2D eigenvalue weighted by molar-refractivity contribution is 5.92. The van der Waals surface area contributed by atoms with Crippen LogP contribution in [0, 0.1) is 5.92 Å². The van der Waals surface area contributed by atoms with Crippen molar-refractivity contribution in [2.24, 2.45) is 5.92 Å². The first-order valence-corrected chi connectivity index (χ1v) is 8.15. The quantitative estimate of drug-likeness (QED) is 0.855. The van der Waals surface area contributed by atoms with E-state index in [-0.39, 0.29) is 17.9 Å². The molecule has 0 aromatic carbocycles. The molecule has 1 aromatic heterocycles. The molecule has 1 aromatic rings. The van der Waals surface area contributed by atoms with E-state index in [9.17, 15) is 9.59 Å². The first-order valence-electron chi connectivity index (χ1n) is 8.15. The molecule has 7 heteroatoms. The average Bonchev–Trinajstić information content (AvgIpc) is 2.88. The van der Waals surface area contributed by atoms with Crippen LogP contribution in [0.15, 0.2) is 18.6 Å². The molecule has 0 radical (unpaired) electrons. The number of nitrogens with zero attached hydrogens (tertiary/aromatic N) is 4. The predicted molar refractivity (Wildman–Crippen MR) is 84.7 cm³/mol. The second kappa shape index (κ2) is 7.04. The highest BCUT2D eigenvalue weighted by Gasteiger charge is 2.30. The Morgan fingerprint density at radius 2 is 2.17 bits per heavy atom. The zero-order valence-electron chi connectivity index (χ0n) is 13.4. The van der Waals surface area contributed by atoms with Gasteiger partial charge in [-0.05, 0) is 24.8 Å². The van der Waals surface area contributed by atoms with Crippen molar-refractivity contribution in [2.45, 2.75) is 25.3 Å². The second-order valence-corrected chi connectivity index (χ2v) is 6.49. The summed E-state index contributed by atoms with van der Waals surface area (Å²) < 4.78 is 0. The summed E-state index contributed by atoms with van der Waals surface area (Å²) in [5.74, 6) is 0.565. The number of hydrogen-bond donors (Lipinski definition) is 1. The van der Waals surface area contributed by atoms with Crippen molar-refractivity contribution in [3.8, 4) is 0 Å². The standard InChI is InChI=1S/C16H23N5O2/c1-20-9-12(8-15(20)22)10-21-6-3-13(4-7-21)19-16(23)14-2-5-17-11-18-14/h2,5,11-13H,3-4,6-10H2,1H3,(H,19,23). The third-order valence-electron chi connectivity index (χ3n) is 4.67. The third kappa shape index (κ3) is 4.04. The number of carbonyl (C=O) groups is 2. The summed E-state index contributed by atoms with van der Waals surface area (Å²) in [5.41, 5.74) is 0.412. The van der Waals surface area contributed by atoms with Crippen molar-refractivity contribution in [3.05, 3.63) is 24.3 Å². The first kappa shape index (κ1) is 15.9. The first-order chi connectivity index (χ1) is 11.1. The predicted octanol–water partition coefficient (Wildman–Crippen LogP) is 0.149. The molecule has 1 atom stereocenters. The Morgan fingerprint density at radius 3 is 2.78 bits per heavy atom. The molecule has 2 aliphatic rings. The van der Waals surface area contributed by atoms with Crippen molar-refractivity contribution in [2.75, 3.05) is 33.2 Å². The highest BCUT2D eigenvalue weighted by atomic mass is 16.2. The molecule has 1 unspecified atom stereocenters. The van der Waals surface area contributed by atoms with Crippen molar-refractivity contribution in [1.29, 1.82) is 0 Å². The lowest BCUT2D eigenvalue weighted by atomic mass is 10.0. The molecule has 124 valence electrons. The lowest BCUT2D eigenvalue weighted by molar-refractivity contribution is -0.126. The minimum absolute atomic E-state index is 0.131. The van der Waals surface area contributed by atoms with Gasteiger partial charge in [0.05, 0.1) is 0 Å². The fraction of sp³-hybridized carbons (Fsp3) is 0.625. The van der Waals surface area contributed by atoms with Gasteiger partial charge in [0, 0.05) is 51.9 Å². The Bertz CT molecular complexity index is 557. The number of hydrogen-bond acceptors (Lipinski definition) is 5. The largest absolute Gasteiger partial charge is 0.348 e. The van der Waals surface area contributed by atoms with E-state index in [1.54, 1.807) is 12.3 Å². The molecule has 0 spiro atoms. The molecular formula is C16H23N5O2. The average molecular weight is 317 g/mol. The molecule has 2 saturated heterocycles. The van der Waals surface area contributed by atoms with Crippen LogP contribution in [-0.2, 0) is 4.79 Å². The number of amides is 2. The highest BCUT2D eigenvalue weighted by Crippen LogP contribution is 2.19. The normalized spacial score (nSPS) is 23.3. The maximum atomic E-state index is 12.1. The third-order valence-corrected chi connectivity index (χ3v) is 4.67. The summed E-state index contributed by atoms with van der Waals surface area (Å²) in [4.78, 5) is 35.7. The smallest absolute Gasteiger partial charge is 0.270 e. The SMILES string of the molecule is CN1CC(CN2CCC(NC(=O)c3ccncn3)CC2)CC1=O. The van der Waals surface area contributed by atoms with Gasteiger partial charge in [0.15, 0.2) is 0 Å². The molecule has 0 bridgehead atoms. The van der Waals surface area contributed by atoms with Gasteiger partial charge in [-0.3, -0.25) is 9.59 Å². The van der Waals surface area contributed by atoms with E-state index < -0.39 is 0 Å². The summed E-state index contributed by atoms with van der Waals surface area (Å²) in [6, 6.07) is 1.82. The number of carbonyl (C=O) groups excluding carboxylic acids is 2. The Morgan fingerprint density at radius 1 is 1.39 bits per heavy atom. The van der Waals surface area contributed by atoms with Gasteiger partial charge in [-0.2, -0.15) is 0 Å². The van der Waals surface area contributed by atoms with Crippen LogP contribution in [0.1, 0.15) is 29.8 Å². The molecule has 3 rings (SSSR count). The van der Waals surface area contributed by atoms with E-state index in [1.807, 2.05) is 11.9 Å². The zero-order chi connectivity index (χ0) is 16.2. The van der Waals surface area contributed by atoms with Crippen molar-refractivity contribution >= 4 is 11.8 Å². The van der Waals surface area contributed by atoms with Gasteiger partial charge in [-0.15, -0.1) is 0 Å². The number of nitrogens with one attached hydrogen (secondary N) is 1. The van der Waals surface area contributed by atoms with E-state index >= 15 is 0 Å². The fourth-order valence-electron chi connectivity index (χ4n) is 3.39. The molecular weight excluding hydrogens is 294 g/mol. The van der Waals surface area contributed by atoms with Gasteiger partial charge in [0.25, 0.3) is 5.91 Å². The number of piperidine rings is 1. The Hall–Kier alpha value is -2.02. The zero-order valence-corrected chi connectivity index (χ0v) is 13.4. The van der Waals surface area contributed by atoms with E-state index in [0.717, 1.165) is 39.0 Å². The van der Waals surface area contributed by atoms with Crippen LogP contribution >= 0.6 is 0 Å². The number of aromatic nitrogens is 2. The number of likely N-dealkylation sites (tertiary alicyclic amines) is 2. The molecule has 23 heavy (non-hydrogen) atoms. The maximum absolute atomic E-state index is 12.1. The van der Waals surface area contributed by atoms with Gasteiger partial charge >= 0.3 is 0 Å². The van der Waals surface area contributed by atoms with Gasteiger partial charge in [-0.1, -0.05) is 0 Å². The van der Waals surface area contributed by atoms with Crippen LogP contribution in [0.2, 0.25) is 0 Å². The van der Waals surface area contributed by atoms with Gasteiger partial charge in [0.1, 0.15) is 12.0 Å².